The van der Waals surface area contributed by atoms with Crippen molar-refractivity contribution in [2.24, 2.45) is 0 Å². The van der Waals surface area contributed by atoms with Gasteiger partial charge in [-0.05, 0) is 48.9 Å². The molecule has 1 amide bonds. The highest BCUT2D eigenvalue weighted by Gasteiger charge is 2.14. The van der Waals surface area contributed by atoms with E-state index < -0.39 is 4.92 Å². The number of carbonyl (C=O) groups excluding carboxylic acids is 1. The summed E-state index contributed by atoms with van der Waals surface area (Å²) in [4.78, 5) is 35.4. The molecule has 0 radical (unpaired) electrons. The van der Waals surface area contributed by atoms with Gasteiger partial charge in [0, 0.05) is 29.1 Å². The summed E-state index contributed by atoms with van der Waals surface area (Å²) >= 11 is 0. The van der Waals surface area contributed by atoms with Crippen LogP contribution in [-0.4, -0.2) is 25.0 Å². The number of pyridine rings is 1. The van der Waals surface area contributed by atoms with Crippen LogP contribution in [0.3, 0.4) is 0 Å². The lowest BCUT2D eigenvalue weighted by Gasteiger charge is -2.08. The summed E-state index contributed by atoms with van der Waals surface area (Å²) in [5.41, 5.74) is 2.34. The minimum Gasteiger partial charge on any atom is -0.322 e. The molecule has 4 aromatic rings. The number of anilines is 1. The van der Waals surface area contributed by atoms with E-state index in [1.807, 2.05) is 12.1 Å². The number of fused-ring (bicyclic) bond motifs is 1. The minimum atomic E-state index is -0.484. The van der Waals surface area contributed by atoms with E-state index in [0.717, 1.165) is 5.56 Å². The molecule has 9 heteroatoms. The van der Waals surface area contributed by atoms with Crippen LogP contribution in [0.4, 0.5) is 11.4 Å². The van der Waals surface area contributed by atoms with Crippen LogP contribution in [0.25, 0.3) is 5.65 Å². The molecule has 30 heavy (non-hydrogen) atoms. The summed E-state index contributed by atoms with van der Waals surface area (Å²) in [6.07, 6.45) is 1.66. The molecule has 0 bridgehead atoms. The molecule has 0 saturated carbocycles. The van der Waals surface area contributed by atoms with E-state index in [1.165, 1.54) is 27.3 Å². The van der Waals surface area contributed by atoms with Crippen molar-refractivity contribution < 1.29 is 9.72 Å². The number of aryl methyl sites for hydroxylation is 1. The fourth-order valence-electron chi connectivity index (χ4n) is 3.20. The zero-order chi connectivity index (χ0) is 21.3. The average Bonchev–Trinajstić information content (AvgIpc) is 3.03. The van der Waals surface area contributed by atoms with Crippen LogP contribution in [0.2, 0.25) is 0 Å². The van der Waals surface area contributed by atoms with Gasteiger partial charge < -0.3 is 5.32 Å². The molecular formula is C21H17N5O4. The second-order valence-corrected chi connectivity index (χ2v) is 6.78. The van der Waals surface area contributed by atoms with Gasteiger partial charge in [-0.3, -0.25) is 19.3 Å². The molecule has 0 aliphatic rings. The predicted molar refractivity (Wildman–Crippen MR) is 111 cm³/mol. The third-order valence-electron chi connectivity index (χ3n) is 4.66. The van der Waals surface area contributed by atoms with Crippen LogP contribution < -0.4 is 11.0 Å². The average molecular weight is 403 g/mol. The van der Waals surface area contributed by atoms with Gasteiger partial charge in [0.25, 0.3) is 11.6 Å². The number of nitro groups is 1. The van der Waals surface area contributed by atoms with Gasteiger partial charge in [0.1, 0.15) is 0 Å². The molecule has 150 valence electrons. The molecular weight excluding hydrogens is 386 g/mol. The first-order valence-corrected chi connectivity index (χ1v) is 9.12. The highest BCUT2D eigenvalue weighted by atomic mass is 16.6. The number of benzene rings is 2. The Hall–Kier alpha value is -4.27. The zero-order valence-electron chi connectivity index (χ0n) is 16.0. The Balaban J connectivity index is 1.54. The van der Waals surface area contributed by atoms with Gasteiger partial charge in [0.05, 0.1) is 11.5 Å². The van der Waals surface area contributed by atoms with Gasteiger partial charge >= 0.3 is 5.69 Å². The number of rotatable bonds is 5. The van der Waals surface area contributed by atoms with Gasteiger partial charge in [-0.2, -0.15) is 0 Å². The monoisotopic (exact) mass is 403 g/mol. The summed E-state index contributed by atoms with van der Waals surface area (Å²) in [6, 6.07) is 16.6. The Morgan fingerprint density at radius 2 is 1.97 bits per heavy atom. The maximum absolute atomic E-state index is 12.5. The lowest BCUT2D eigenvalue weighted by Crippen LogP contribution is -2.21. The van der Waals surface area contributed by atoms with E-state index in [2.05, 4.69) is 10.4 Å². The standard InChI is InChI=1S/C21H17N5O4/c1-14-11-16(8-9-18(14)26(29)30)20(27)22-17-6-4-5-15(12-17)13-25-21(28)24-10-3-2-7-19(24)23-25/h2-12H,13H2,1H3,(H,22,27). The molecule has 0 spiro atoms. The third-order valence-corrected chi connectivity index (χ3v) is 4.66. The molecule has 0 atom stereocenters. The summed E-state index contributed by atoms with van der Waals surface area (Å²) in [5.74, 6) is -0.380. The molecule has 2 aromatic carbocycles. The van der Waals surface area contributed by atoms with Gasteiger partial charge in [0.2, 0.25) is 0 Å². The molecule has 1 N–H and O–H groups in total. The van der Waals surface area contributed by atoms with Crippen LogP contribution in [0.1, 0.15) is 21.5 Å². The van der Waals surface area contributed by atoms with Crippen molar-refractivity contribution in [3.05, 3.63) is 104 Å². The van der Waals surface area contributed by atoms with Gasteiger partial charge in [0.15, 0.2) is 5.65 Å². The van der Waals surface area contributed by atoms with E-state index in [1.54, 1.807) is 43.5 Å². The van der Waals surface area contributed by atoms with Gasteiger partial charge in [-0.1, -0.05) is 18.2 Å². The first kappa shape index (κ1) is 19.1. The number of hydrogen-bond acceptors (Lipinski definition) is 5. The van der Waals surface area contributed by atoms with Crippen molar-refractivity contribution in [3.8, 4) is 0 Å². The largest absolute Gasteiger partial charge is 0.350 e. The quantitative estimate of drug-likeness (QED) is 0.407. The first-order chi connectivity index (χ1) is 14.4. The second-order valence-electron chi connectivity index (χ2n) is 6.78. The molecule has 0 fully saturated rings. The SMILES string of the molecule is Cc1cc(C(=O)Nc2cccc(Cn3nc4ccccn4c3=O)c2)ccc1[N+](=O)[O-]. The summed E-state index contributed by atoms with van der Waals surface area (Å²) < 4.78 is 2.82. The minimum absolute atomic E-state index is 0.0357. The Labute approximate surface area is 170 Å². The molecule has 0 saturated heterocycles. The van der Waals surface area contributed by atoms with E-state index in [-0.39, 0.29) is 23.8 Å². The van der Waals surface area contributed by atoms with Crippen LogP contribution in [0.15, 0.2) is 71.7 Å². The van der Waals surface area contributed by atoms with Gasteiger partial charge in [-0.25, -0.2) is 9.48 Å². The number of nitrogens with zero attached hydrogens (tertiary/aromatic N) is 4. The fourth-order valence-corrected chi connectivity index (χ4v) is 3.20. The van der Waals surface area contributed by atoms with Crippen LogP contribution in [0.5, 0.6) is 0 Å². The smallest absolute Gasteiger partial charge is 0.322 e. The number of nitro benzene ring substituents is 1. The first-order valence-electron chi connectivity index (χ1n) is 9.12. The topological polar surface area (TPSA) is 112 Å². The molecule has 0 aliphatic heterocycles. The van der Waals surface area contributed by atoms with E-state index in [9.17, 15) is 19.7 Å². The van der Waals surface area contributed by atoms with Crippen molar-refractivity contribution in [2.45, 2.75) is 13.5 Å². The third kappa shape index (κ3) is 3.68. The van der Waals surface area contributed by atoms with Crippen molar-refractivity contribution in [1.82, 2.24) is 14.2 Å². The highest BCUT2D eigenvalue weighted by molar-refractivity contribution is 6.04. The molecule has 2 heterocycles. The van der Waals surface area contributed by atoms with Crippen LogP contribution in [-0.2, 0) is 6.54 Å². The normalized spacial score (nSPS) is 10.8. The van der Waals surface area contributed by atoms with Crippen LogP contribution in [0, 0.1) is 17.0 Å². The van der Waals surface area contributed by atoms with Crippen molar-refractivity contribution in [1.29, 1.82) is 0 Å². The van der Waals surface area contributed by atoms with Crippen molar-refractivity contribution >= 4 is 22.9 Å². The van der Waals surface area contributed by atoms with Crippen molar-refractivity contribution in [3.63, 3.8) is 0 Å². The van der Waals surface area contributed by atoms with Gasteiger partial charge in [-0.15, -0.1) is 5.10 Å². The second kappa shape index (κ2) is 7.63. The predicted octanol–water partition coefficient (Wildman–Crippen LogP) is 3.01. The van der Waals surface area contributed by atoms with E-state index in [4.69, 9.17) is 0 Å². The highest BCUT2D eigenvalue weighted by Crippen LogP contribution is 2.20. The van der Waals surface area contributed by atoms with E-state index in [0.29, 0.717) is 22.5 Å². The summed E-state index contributed by atoms with van der Waals surface area (Å²) in [6.45, 7) is 1.84. The number of nitrogens with one attached hydrogen (secondary N) is 1. The number of amides is 1. The Kier molecular flexibility index (Phi) is 4.85. The number of aromatic nitrogens is 3. The molecule has 4 rings (SSSR count). The zero-order valence-corrected chi connectivity index (χ0v) is 16.0. The summed E-state index contributed by atoms with van der Waals surface area (Å²) in [7, 11) is 0. The lowest BCUT2D eigenvalue weighted by atomic mass is 10.1. The maximum atomic E-state index is 12.5. The van der Waals surface area contributed by atoms with Crippen molar-refractivity contribution in [2.75, 3.05) is 5.32 Å². The fraction of sp³-hybridized carbons (Fsp3) is 0.0952. The molecule has 2 aromatic heterocycles. The van der Waals surface area contributed by atoms with E-state index >= 15 is 0 Å². The number of hydrogen-bond donors (Lipinski definition) is 1. The molecule has 0 aliphatic carbocycles. The Morgan fingerprint density at radius 3 is 2.70 bits per heavy atom. The molecule has 0 unspecified atom stereocenters. The molecule has 9 nitrogen and oxygen atoms in total. The van der Waals surface area contributed by atoms with Crippen LogP contribution >= 0.6 is 0 Å². The summed E-state index contributed by atoms with van der Waals surface area (Å²) in [5, 5.41) is 18.0. The number of carbonyl (C=O) groups is 1. The Bertz CT molecular complexity index is 1340. The lowest BCUT2D eigenvalue weighted by molar-refractivity contribution is -0.385. The maximum Gasteiger partial charge on any atom is 0.350 e. The Morgan fingerprint density at radius 1 is 1.13 bits per heavy atom.